The Bertz CT molecular complexity index is 305. The number of amides is 2. The lowest BCUT2D eigenvalue weighted by Gasteiger charge is -2.28. The van der Waals surface area contributed by atoms with E-state index in [9.17, 15) is 18.4 Å². The number of alkyl halides is 2. The third kappa shape index (κ3) is 6.35. The van der Waals surface area contributed by atoms with Crippen LogP contribution in [0.1, 0.15) is 38.5 Å². The Hall–Kier alpha value is -1.40. The lowest BCUT2D eigenvalue weighted by Crippen LogP contribution is -2.44. The van der Waals surface area contributed by atoms with Crippen LogP contribution in [0.2, 0.25) is 0 Å². The monoisotopic (exact) mass is 278 g/mol. The van der Waals surface area contributed by atoms with Crippen molar-refractivity contribution in [3.63, 3.8) is 0 Å². The van der Waals surface area contributed by atoms with Crippen LogP contribution in [-0.2, 0) is 4.79 Å². The number of aliphatic carboxylic acids is 1. The van der Waals surface area contributed by atoms with Crippen LogP contribution in [0.3, 0.4) is 0 Å². The molecule has 0 spiro atoms. The van der Waals surface area contributed by atoms with Gasteiger partial charge in [-0.25, -0.2) is 13.6 Å². The summed E-state index contributed by atoms with van der Waals surface area (Å²) in [5, 5.41) is 13.7. The number of carboxylic acids is 1. The Morgan fingerprint density at radius 1 is 1.21 bits per heavy atom. The maximum Gasteiger partial charge on any atom is 0.315 e. The van der Waals surface area contributed by atoms with Crippen molar-refractivity contribution in [3.8, 4) is 0 Å². The maximum absolute atomic E-state index is 12.4. The highest BCUT2D eigenvalue weighted by Gasteiger charge is 2.27. The molecule has 0 heterocycles. The molecular weight excluding hydrogens is 258 g/mol. The van der Waals surface area contributed by atoms with Gasteiger partial charge in [0, 0.05) is 24.9 Å². The standard InChI is InChI=1S/C12H20F2N2O3/c13-11(14)8-3-5-9(6-4-8)16-12(19)15-7-1-2-10(17)18/h8-9,11H,1-7H2,(H,17,18)(H2,15,16,19). The minimum absolute atomic E-state index is 0.0137. The van der Waals surface area contributed by atoms with Crippen LogP contribution >= 0.6 is 0 Å². The zero-order valence-electron chi connectivity index (χ0n) is 10.7. The van der Waals surface area contributed by atoms with Gasteiger partial charge in [-0.3, -0.25) is 4.79 Å². The molecule has 0 radical (unpaired) electrons. The molecule has 0 aromatic heterocycles. The number of halogens is 2. The number of nitrogens with one attached hydrogen (secondary N) is 2. The van der Waals surface area contributed by atoms with Crippen molar-refractivity contribution in [2.75, 3.05) is 6.54 Å². The largest absolute Gasteiger partial charge is 0.481 e. The average molecular weight is 278 g/mol. The van der Waals surface area contributed by atoms with Gasteiger partial charge in [0.1, 0.15) is 0 Å². The number of carboxylic acid groups (broad SMARTS) is 1. The molecule has 1 rings (SSSR count). The van der Waals surface area contributed by atoms with Crippen LogP contribution in [-0.4, -0.2) is 36.1 Å². The summed E-state index contributed by atoms with van der Waals surface area (Å²) in [6, 6.07) is -0.416. The molecule has 0 aliphatic heterocycles. The Morgan fingerprint density at radius 3 is 2.37 bits per heavy atom. The molecule has 1 aliphatic rings. The van der Waals surface area contributed by atoms with Gasteiger partial charge in [-0.15, -0.1) is 0 Å². The average Bonchev–Trinajstić information content (AvgIpc) is 2.35. The summed E-state index contributed by atoms with van der Waals surface area (Å²) < 4.78 is 24.9. The molecular formula is C12H20F2N2O3. The van der Waals surface area contributed by atoms with E-state index >= 15 is 0 Å². The maximum atomic E-state index is 12.4. The van der Waals surface area contributed by atoms with Crippen molar-refractivity contribution < 1.29 is 23.5 Å². The van der Waals surface area contributed by atoms with E-state index in [-0.39, 0.29) is 18.5 Å². The van der Waals surface area contributed by atoms with E-state index in [0.717, 1.165) is 0 Å². The predicted octanol–water partition coefficient (Wildman–Crippen LogP) is 1.97. The number of carbonyl (C=O) groups excluding carboxylic acids is 1. The Morgan fingerprint density at radius 2 is 1.84 bits per heavy atom. The van der Waals surface area contributed by atoms with Crippen molar-refractivity contribution in [2.45, 2.75) is 51.0 Å². The van der Waals surface area contributed by atoms with Gasteiger partial charge in [0.15, 0.2) is 0 Å². The van der Waals surface area contributed by atoms with Crippen molar-refractivity contribution >= 4 is 12.0 Å². The molecule has 0 atom stereocenters. The molecule has 3 N–H and O–H groups in total. The Labute approximate surface area is 110 Å². The molecule has 0 unspecified atom stereocenters. The summed E-state index contributed by atoms with van der Waals surface area (Å²) in [6.07, 6.45) is 0.115. The van der Waals surface area contributed by atoms with Crippen LogP contribution in [0.25, 0.3) is 0 Å². The van der Waals surface area contributed by atoms with Gasteiger partial charge in [-0.2, -0.15) is 0 Å². The van der Waals surface area contributed by atoms with E-state index in [2.05, 4.69) is 10.6 Å². The van der Waals surface area contributed by atoms with Gasteiger partial charge in [0.25, 0.3) is 0 Å². The van der Waals surface area contributed by atoms with Gasteiger partial charge in [0.2, 0.25) is 6.43 Å². The molecule has 7 heteroatoms. The molecule has 19 heavy (non-hydrogen) atoms. The fraction of sp³-hybridized carbons (Fsp3) is 0.833. The zero-order chi connectivity index (χ0) is 14.3. The summed E-state index contributed by atoms with van der Waals surface area (Å²) in [5.74, 6) is -1.44. The summed E-state index contributed by atoms with van der Waals surface area (Å²) in [5.41, 5.74) is 0. The second-order valence-corrected chi connectivity index (χ2v) is 4.84. The second-order valence-electron chi connectivity index (χ2n) is 4.84. The summed E-state index contributed by atoms with van der Waals surface area (Å²) in [6.45, 7) is 0.296. The van der Waals surface area contributed by atoms with E-state index in [0.29, 0.717) is 38.6 Å². The van der Waals surface area contributed by atoms with Crippen LogP contribution < -0.4 is 10.6 Å². The first kappa shape index (κ1) is 15.7. The van der Waals surface area contributed by atoms with Crippen LogP contribution in [0, 0.1) is 5.92 Å². The predicted molar refractivity (Wildman–Crippen MR) is 65.2 cm³/mol. The van der Waals surface area contributed by atoms with Gasteiger partial charge < -0.3 is 15.7 Å². The van der Waals surface area contributed by atoms with E-state index in [1.807, 2.05) is 0 Å². The SMILES string of the molecule is O=C(O)CCCNC(=O)NC1CCC(C(F)F)CC1. The highest BCUT2D eigenvalue weighted by molar-refractivity contribution is 5.74. The lowest BCUT2D eigenvalue weighted by molar-refractivity contribution is -0.137. The Balaban J connectivity index is 2.11. The van der Waals surface area contributed by atoms with Crippen LogP contribution in [0.4, 0.5) is 13.6 Å². The Kier molecular flexibility index (Phi) is 6.52. The molecule has 2 amide bonds. The lowest BCUT2D eigenvalue weighted by atomic mass is 9.86. The molecule has 0 saturated heterocycles. The topological polar surface area (TPSA) is 78.4 Å². The molecule has 5 nitrogen and oxygen atoms in total. The number of carbonyl (C=O) groups is 2. The first-order chi connectivity index (χ1) is 8.99. The van der Waals surface area contributed by atoms with Gasteiger partial charge in [0.05, 0.1) is 0 Å². The molecule has 0 bridgehead atoms. The number of urea groups is 1. The van der Waals surface area contributed by atoms with E-state index in [4.69, 9.17) is 5.11 Å². The number of hydrogen-bond donors (Lipinski definition) is 3. The quantitative estimate of drug-likeness (QED) is 0.650. The summed E-state index contributed by atoms with van der Waals surface area (Å²) in [4.78, 5) is 21.7. The first-order valence-corrected chi connectivity index (χ1v) is 6.53. The van der Waals surface area contributed by atoms with Crippen molar-refractivity contribution in [1.29, 1.82) is 0 Å². The molecule has 1 aliphatic carbocycles. The third-order valence-corrected chi connectivity index (χ3v) is 3.32. The fourth-order valence-corrected chi connectivity index (χ4v) is 2.19. The molecule has 0 aromatic rings. The normalized spacial score (nSPS) is 23.1. The van der Waals surface area contributed by atoms with Crippen LogP contribution in [0.5, 0.6) is 0 Å². The molecule has 1 saturated carbocycles. The minimum atomic E-state index is -2.27. The fourth-order valence-electron chi connectivity index (χ4n) is 2.19. The molecule has 1 fully saturated rings. The summed E-state index contributed by atoms with van der Waals surface area (Å²) in [7, 11) is 0. The van der Waals surface area contributed by atoms with E-state index < -0.39 is 18.3 Å². The van der Waals surface area contributed by atoms with Gasteiger partial charge in [-0.1, -0.05) is 0 Å². The second kappa shape index (κ2) is 7.91. The minimum Gasteiger partial charge on any atom is -0.481 e. The molecule has 0 aromatic carbocycles. The van der Waals surface area contributed by atoms with Gasteiger partial charge >= 0.3 is 12.0 Å². The highest BCUT2D eigenvalue weighted by atomic mass is 19.3. The van der Waals surface area contributed by atoms with Crippen molar-refractivity contribution in [2.24, 2.45) is 5.92 Å². The van der Waals surface area contributed by atoms with Crippen molar-refractivity contribution in [3.05, 3.63) is 0 Å². The smallest absolute Gasteiger partial charge is 0.315 e. The van der Waals surface area contributed by atoms with Crippen molar-refractivity contribution in [1.82, 2.24) is 10.6 Å². The summed E-state index contributed by atoms with van der Waals surface area (Å²) >= 11 is 0. The first-order valence-electron chi connectivity index (χ1n) is 6.53. The third-order valence-electron chi connectivity index (χ3n) is 3.32. The van der Waals surface area contributed by atoms with E-state index in [1.54, 1.807) is 0 Å². The van der Waals surface area contributed by atoms with Gasteiger partial charge in [-0.05, 0) is 32.1 Å². The number of rotatable bonds is 6. The number of hydrogen-bond acceptors (Lipinski definition) is 2. The van der Waals surface area contributed by atoms with Crippen LogP contribution in [0.15, 0.2) is 0 Å². The van der Waals surface area contributed by atoms with E-state index in [1.165, 1.54) is 0 Å². The highest BCUT2D eigenvalue weighted by Crippen LogP contribution is 2.28. The molecule has 110 valence electrons. The zero-order valence-corrected chi connectivity index (χ0v) is 10.7.